The molecule has 0 N–H and O–H groups in total. The molecule has 232 valence electrons. The Balaban J connectivity index is -0.0000000179. The van der Waals surface area contributed by atoms with E-state index in [2.05, 4.69) is 83.1 Å². The lowest BCUT2D eigenvalue weighted by Crippen LogP contribution is -2.25. The Hall–Kier alpha value is 0.985. The molecule has 0 saturated heterocycles. The van der Waals surface area contributed by atoms with E-state index in [-0.39, 0.29) is 74.3 Å². The van der Waals surface area contributed by atoms with Crippen molar-refractivity contribution in [2.24, 2.45) is 0 Å². The molecule has 0 heterocycles. The average Bonchev–Trinajstić information content (AvgIpc) is 2.46. The van der Waals surface area contributed by atoms with E-state index in [1.165, 1.54) is 29.8 Å². The van der Waals surface area contributed by atoms with E-state index < -0.39 is 29.0 Å². The molecule has 0 aromatic heterocycles. The van der Waals surface area contributed by atoms with Crippen LogP contribution in [0.15, 0.2) is 0 Å². The van der Waals surface area contributed by atoms with Gasteiger partial charge >= 0.3 is 29.0 Å². The minimum atomic E-state index is -0.865. The highest BCUT2D eigenvalue weighted by molar-refractivity contribution is 6.53. The molecule has 35 heavy (non-hydrogen) atoms. The molecule has 2 nitrogen and oxygen atoms in total. The van der Waals surface area contributed by atoms with E-state index in [1.54, 1.807) is 0 Å². The van der Waals surface area contributed by atoms with E-state index in [0.717, 1.165) is 9.56 Å². The Kier molecular flexibility index (Phi) is 143. The largest absolute Gasteiger partial charge is 0.498 e. The molecule has 4 heteroatoms. The van der Waals surface area contributed by atoms with Crippen molar-refractivity contribution in [1.29, 1.82) is 0 Å². The Morgan fingerprint density at radius 1 is 0.429 bits per heavy atom. The van der Waals surface area contributed by atoms with Crippen LogP contribution >= 0.6 is 0 Å². The second-order valence-electron chi connectivity index (χ2n) is 8.22. The van der Waals surface area contributed by atoms with Crippen LogP contribution in [0.5, 0.6) is 0 Å². The van der Waals surface area contributed by atoms with Crippen LogP contribution in [0.1, 0.15) is 177 Å². The topological polar surface area (TPSA) is 18.5 Å². The summed E-state index contributed by atoms with van der Waals surface area (Å²) in [5.74, 6) is 0. The van der Waals surface area contributed by atoms with Crippen LogP contribution in [0.25, 0.3) is 0 Å². The van der Waals surface area contributed by atoms with E-state index in [9.17, 15) is 0 Å². The molecular weight excluding hydrogens is 458 g/mol. The molecule has 0 unspecified atom stereocenters. The van der Waals surface area contributed by atoms with Gasteiger partial charge in [-0.3, -0.25) is 0 Å². The standard InChI is InChI=1S/2C3H7O.C3H8.4C3H7.10CH4.2Al/c2*1-3(2)4;5*1-3-2;;;;;;;;;;;;/h2*3H,1-2H3;3H2,1-2H3;2*3H,1-2H3;2*1,3H2,2H3;10*1H4;;/q2*-1;;;;;;;;;;;;;;;;2*+1. The van der Waals surface area contributed by atoms with E-state index in [1.807, 2.05) is 0 Å². The van der Waals surface area contributed by atoms with Crippen molar-refractivity contribution in [2.75, 3.05) is 0 Å². The van der Waals surface area contributed by atoms with Crippen LogP contribution in [0.3, 0.4) is 0 Å². The molecule has 0 aromatic carbocycles. The van der Waals surface area contributed by atoms with Gasteiger partial charge in [-0.15, -0.1) is 0 Å². The first-order valence-electron chi connectivity index (χ1n) is 10.9. The quantitative estimate of drug-likeness (QED) is 0.253. The van der Waals surface area contributed by atoms with Crippen LogP contribution < -0.4 is 0 Å². The Morgan fingerprint density at radius 2 is 0.600 bits per heavy atom. The summed E-state index contributed by atoms with van der Waals surface area (Å²) in [4.78, 5) is 0. The summed E-state index contributed by atoms with van der Waals surface area (Å²) < 4.78 is 13.4. The molecule has 0 saturated carbocycles. The van der Waals surface area contributed by atoms with Crippen molar-refractivity contribution < 1.29 is 7.58 Å². The molecular formula is C31H90Al2O2. The van der Waals surface area contributed by atoms with Gasteiger partial charge in [0.25, 0.3) is 0 Å². The zero-order valence-corrected chi connectivity index (χ0v) is 22.1. The second-order valence-corrected chi connectivity index (χ2v) is 14.7. The highest BCUT2D eigenvalue weighted by Crippen LogP contribution is 2.16. The minimum absolute atomic E-state index is 0. The third-order valence-corrected chi connectivity index (χ3v) is 10.6. The molecule has 0 aliphatic rings. The summed E-state index contributed by atoms with van der Waals surface area (Å²) in [6, 6.07) is 0. The molecule has 0 aliphatic carbocycles. The Morgan fingerprint density at radius 3 is 0.686 bits per heavy atom. The van der Waals surface area contributed by atoms with Crippen molar-refractivity contribution in [1.82, 2.24) is 0 Å². The first kappa shape index (κ1) is 83.4. The van der Waals surface area contributed by atoms with Crippen molar-refractivity contribution in [3.05, 3.63) is 0 Å². The zero-order valence-electron chi connectivity index (χ0n) is 19.8. The fourth-order valence-corrected chi connectivity index (χ4v) is 7.16. The van der Waals surface area contributed by atoms with Gasteiger partial charge in [0.2, 0.25) is 0 Å². The zero-order chi connectivity index (χ0) is 20.4. The Bertz CT molecular complexity index is 222. The first-order chi connectivity index (χ1) is 11.6. The molecule has 0 radical (unpaired) electrons. The highest BCUT2D eigenvalue weighted by Gasteiger charge is 2.25. The second kappa shape index (κ2) is 59.8. The first-order valence-corrected chi connectivity index (χ1v) is 14.8. The van der Waals surface area contributed by atoms with Gasteiger partial charge in [0.05, 0.1) is 0 Å². The third-order valence-electron chi connectivity index (χ3n) is 3.53. The molecule has 0 aromatic rings. The van der Waals surface area contributed by atoms with Crippen molar-refractivity contribution in [3.63, 3.8) is 0 Å². The van der Waals surface area contributed by atoms with Gasteiger partial charge in [-0.25, -0.2) is 0 Å². The smallest absolute Gasteiger partial charge is 0.463 e. The lowest BCUT2D eigenvalue weighted by atomic mass is 10.5. The number of hydrogen-bond donors (Lipinski definition) is 0. The number of hydrogen-bond acceptors (Lipinski definition) is 2. The van der Waals surface area contributed by atoms with Gasteiger partial charge < -0.3 is 7.58 Å². The lowest BCUT2D eigenvalue weighted by Gasteiger charge is -2.18. The number of rotatable bonds is 10. The van der Waals surface area contributed by atoms with Crippen LogP contribution in [0, 0.1) is 0 Å². The maximum Gasteiger partial charge on any atom is 0.463 e. The summed E-state index contributed by atoms with van der Waals surface area (Å²) >= 11 is -1.73. The van der Waals surface area contributed by atoms with Gasteiger partial charge in [-0.1, -0.05) is 169 Å². The molecule has 0 atom stereocenters. The average molecular weight is 549 g/mol. The van der Waals surface area contributed by atoms with Gasteiger partial charge in [-0.05, 0) is 27.7 Å². The summed E-state index contributed by atoms with van der Waals surface area (Å²) in [6.45, 7) is 26.4. The van der Waals surface area contributed by atoms with E-state index >= 15 is 0 Å². The molecule has 0 spiro atoms. The SMILES string of the molecule is C.C.C.C.C.C.C.C.C.C.CCC.CC[CH2][Al]([O]C(C)C)[CH](C)C.CC[CH2][Al]([O]C(C)C)[CH](C)C. The minimum Gasteiger partial charge on any atom is -0.498 e. The fraction of sp³-hybridized carbons (Fsp3) is 1.00. The summed E-state index contributed by atoms with van der Waals surface area (Å²) in [7, 11) is 0. The molecule has 0 amide bonds. The summed E-state index contributed by atoms with van der Waals surface area (Å²) in [5, 5.41) is 2.66. The van der Waals surface area contributed by atoms with Gasteiger partial charge in [0.1, 0.15) is 0 Å². The predicted molar refractivity (Wildman–Crippen MR) is 188 cm³/mol. The monoisotopic (exact) mass is 549 g/mol. The predicted octanol–water partition coefficient (Wildman–Crippen LogP) is 14.2. The van der Waals surface area contributed by atoms with Crippen molar-refractivity contribution in [2.45, 2.75) is 209 Å². The molecule has 0 rings (SSSR count). The Labute approximate surface area is 244 Å². The molecule has 0 aliphatic heterocycles. The van der Waals surface area contributed by atoms with Crippen LogP contribution in [-0.4, -0.2) is 41.2 Å². The summed E-state index contributed by atoms with van der Waals surface area (Å²) in [6.07, 6.45) is 4.67. The van der Waals surface area contributed by atoms with E-state index in [4.69, 9.17) is 7.58 Å². The van der Waals surface area contributed by atoms with E-state index in [0.29, 0.717) is 12.2 Å². The maximum atomic E-state index is 5.89. The maximum absolute atomic E-state index is 5.89. The van der Waals surface area contributed by atoms with Crippen molar-refractivity contribution >= 4 is 29.0 Å². The highest BCUT2D eigenvalue weighted by atomic mass is 27.2. The normalized spacial score (nSPS) is 7.54. The van der Waals surface area contributed by atoms with Gasteiger partial charge in [-0.2, -0.15) is 0 Å². The summed E-state index contributed by atoms with van der Waals surface area (Å²) in [5.41, 5.74) is 0. The fourth-order valence-electron chi connectivity index (χ4n) is 2.39. The van der Waals surface area contributed by atoms with Crippen LogP contribution in [-0.2, 0) is 7.58 Å². The van der Waals surface area contributed by atoms with Crippen LogP contribution in [0.2, 0.25) is 20.1 Å². The lowest BCUT2D eigenvalue weighted by molar-refractivity contribution is 0.236. The van der Waals surface area contributed by atoms with Gasteiger partial charge in [0.15, 0.2) is 0 Å². The van der Waals surface area contributed by atoms with Gasteiger partial charge in [0, 0.05) is 12.2 Å². The van der Waals surface area contributed by atoms with Crippen LogP contribution in [0.4, 0.5) is 0 Å². The molecule has 0 fully saturated rings. The molecule has 0 bridgehead atoms. The third kappa shape index (κ3) is 72.0. The van der Waals surface area contributed by atoms with Crippen molar-refractivity contribution in [3.8, 4) is 0 Å².